The van der Waals surface area contributed by atoms with Crippen molar-refractivity contribution in [3.63, 3.8) is 0 Å². The van der Waals surface area contributed by atoms with Crippen LogP contribution in [0.4, 0.5) is 0 Å². The number of carbonyl (C=O) groups is 2. The zero-order valence-corrected chi connectivity index (χ0v) is 14.7. The van der Waals surface area contributed by atoms with E-state index in [0.29, 0.717) is 31.7 Å². The fourth-order valence-corrected chi connectivity index (χ4v) is 3.49. The zero-order chi connectivity index (χ0) is 16.2. The van der Waals surface area contributed by atoms with Gasteiger partial charge in [0.2, 0.25) is 5.91 Å². The van der Waals surface area contributed by atoms with E-state index in [9.17, 15) is 9.59 Å². The molecule has 0 spiro atoms. The van der Waals surface area contributed by atoms with Gasteiger partial charge < -0.3 is 15.1 Å². The minimum absolute atomic E-state index is 0.0453. The molecular formula is C17H22BrN3O2. The molecule has 0 saturated carbocycles. The number of amides is 2. The van der Waals surface area contributed by atoms with Gasteiger partial charge in [-0.3, -0.25) is 9.59 Å². The molecule has 2 heterocycles. The molecule has 1 atom stereocenters. The first kappa shape index (κ1) is 16.5. The van der Waals surface area contributed by atoms with E-state index in [4.69, 9.17) is 0 Å². The second kappa shape index (κ2) is 7.45. The summed E-state index contributed by atoms with van der Waals surface area (Å²) < 4.78 is 0.963. The average molecular weight is 380 g/mol. The number of halogens is 1. The van der Waals surface area contributed by atoms with Crippen molar-refractivity contribution in [2.75, 3.05) is 39.3 Å². The Kier molecular flexibility index (Phi) is 5.33. The molecule has 1 N–H and O–H groups in total. The van der Waals surface area contributed by atoms with Crippen LogP contribution in [0.5, 0.6) is 0 Å². The summed E-state index contributed by atoms with van der Waals surface area (Å²) in [5.41, 5.74) is 0.699. The molecule has 2 aliphatic heterocycles. The van der Waals surface area contributed by atoms with E-state index in [0.717, 1.165) is 30.4 Å². The Balaban J connectivity index is 1.54. The number of benzene rings is 1. The summed E-state index contributed by atoms with van der Waals surface area (Å²) in [4.78, 5) is 28.8. The van der Waals surface area contributed by atoms with E-state index in [1.807, 2.05) is 34.1 Å². The monoisotopic (exact) mass is 379 g/mol. The van der Waals surface area contributed by atoms with Gasteiger partial charge in [-0.1, -0.05) is 15.9 Å². The minimum Gasteiger partial charge on any atom is -0.339 e. The van der Waals surface area contributed by atoms with Crippen LogP contribution in [-0.2, 0) is 4.79 Å². The van der Waals surface area contributed by atoms with Crippen LogP contribution < -0.4 is 5.32 Å². The van der Waals surface area contributed by atoms with Crippen LogP contribution in [0.25, 0.3) is 0 Å². The molecule has 23 heavy (non-hydrogen) atoms. The van der Waals surface area contributed by atoms with E-state index < -0.39 is 0 Å². The van der Waals surface area contributed by atoms with Crippen LogP contribution in [0.1, 0.15) is 23.2 Å². The van der Waals surface area contributed by atoms with Gasteiger partial charge in [-0.2, -0.15) is 0 Å². The average Bonchev–Trinajstić information content (AvgIpc) is 2.62. The van der Waals surface area contributed by atoms with E-state index in [1.165, 1.54) is 0 Å². The van der Waals surface area contributed by atoms with Crippen LogP contribution in [0.15, 0.2) is 28.7 Å². The van der Waals surface area contributed by atoms with Gasteiger partial charge in [-0.05, 0) is 43.7 Å². The van der Waals surface area contributed by atoms with Crippen molar-refractivity contribution in [2.24, 2.45) is 5.92 Å². The van der Waals surface area contributed by atoms with Crippen LogP contribution in [-0.4, -0.2) is 60.9 Å². The lowest BCUT2D eigenvalue weighted by Crippen LogP contribution is -2.53. The summed E-state index contributed by atoms with van der Waals surface area (Å²) in [6, 6.07) is 7.42. The number of rotatable bonds is 2. The van der Waals surface area contributed by atoms with E-state index in [-0.39, 0.29) is 17.7 Å². The van der Waals surface area contributed by atoms with Crippen molar-refractivity contribution in [3.8, 4) is 0 Å². The molecule has 6 heteroatoms. The zero-order valence-electron chi connectivity index (χ0n) is 13.1. The molecule has 3 rings (SSSR count). The predicted octanol–water partition coefficient (Wildman–Crippen LogP) is 1.73. The quantitative estimate of drug-likeness (QED) is 0.851. The molecule has 124 valence electrons. The molecule has 2 saturated heterocycles. The number of hydrogen-bond donors (Lipinski definition) is 1. The largest absolute Gasteiger partial charge is 0.339 e. The van der Waals surface area contributed by atoms with Crippen LogP contribution in [0.2, 0.25) is 0 Å². The number of carbonyl (C=O) groups excluding carboxylic acids is 2. The van der Waals surface area contributed by atoms with Gasteiger partial charge >= 0.3 is 0 Å². The summed E-state index contributed by atoms with van der Waals surface area (Å²) in [5.74, 6) is 0.398. The molecule has 0 aliphatic carbocycles. The number of hydrogen-bond acceptors (Lipinski definition) is 3. The lowest BCUT2D eigenvalue weighted by atomic mass is 9.98. The third-order valence-corrected chi connectivity index (χ3v) is 5.14. The smallest absolute Gasteiger partial charge is 0.253 e. The molecule has 1 aromatic rings. The van der Waals surface area contributed by atoms with Crippen molar-refractivity contribution in [1.29, 1.82) is 0 Å². The van der Waals surface area contributed by atoms with Crippen molar-refractivity contribution < 1.29 is 9.59 Å². The molecule has 0 bridgehead atoms. The first-order chi connectivity index (χ1) is 11.1. The molecule has 2 fully saturated rings. The second-order valence-corrected chi connectivity index (χ2v) is 7.08. The minimum atomic E-state index is 0.0453. The fourth-order valence-electron chi connectivity index (χ4n) is 3.23. The van der Waals surface area contributed by atoms with Gasteiger partial charge in [0.15, 0.2) is 0 Å². The molecule has 5 nitrogen and oxygen atoms in total. The standard InChI is InChI=1S/C17H22BrN3O2/c18-15-5-3-13(4-6-15)16(22)20-8-10-21(11-9-20)17(23)14-2-1-7-19-12-14/h3-6,14,19H,1-2,7-12H2. The van der Waals surface area contributed by atoms with Gasteiger partial charge in [-0.15, -0.1) is 0 Å². The third-order valence-electron chi connectivity index (χ3n) is 4.62. The number of piperazine rings is 1. The Bertz CT molecular complexity index is 562. The Morgan fingerprint density at radius 3 is 2.30 bits per heavy atom. The van der Waals surface area contributed by atoms with Gasteiger partial charge in [0.1, 0.15) is 0 Å². The summed E-state index contributed by atoms with van der Waals surface area (Å²) in [6.45, 7) is 4.30. The highest BCUT2D eigenvalue weighted by molar-refractivity contribution is 9.10. The summed E-state index contributed by atoms with van der Waals surface area (Å²) >= 11 is 3.38. The van der Waals surface area contributed by atoms with Crippen LogP contribution in [0.3, 0.4) is 0 Å². The summed E-state index contributed by atoms with van der Waals surface area (Å²) in [7, 11) is 0. The van der Waals surface area contributed by atoms with Crippen molar-refractivity contribution in [3.05, 3.63) is 34.3 Å². The maximum atomic E-state index is 12.5. The third kappa shape index (κ3) is 3.93. The maximum absolute atomic E-state index is 12.5. The van der Waals surface area contributed by atoms with Crippen LogP contribution in [0, 0.1) is 5.92 Å². The first-order valence-electron chi connectivity index (χ1n) is 8.19. The molecule has 0 radical (unpaired) electrons. The summed E-state index contributed by atoms with van der Waals surface area (Å²) in [6.07, 6.45) is 2.04. The van der Waals surface area contributed by atoms with Crippen molar-refractivity contribution >= 4 is 27.7 Å². The lowest BCUT2D eigenvalue weighted by Gasteiger charge is -2.37. The van der Waals surface area contributed by atoms with Gasteiger partial charge in [0, 0.05) is 42.8 Å². The van der Waals surface area contributed by atoms with E-state index in [2.05, 4.69) is 21.2 Å². The van der Waals surface area contributed by atoms with Crippen molar-refractivity contribution in [1.82, 2.24) is 15.1 Å². The Morgan fingerprint density at radius 2 is 1.70 bits per heavy atom. The Labute approximate surface area is 145 Å². The predicted molar refractivity (Wildman–Crippen MR) is 92.2 cm³/mol. The molecule has 1 aromatic carbocycles. The highest BCUT2D eigenvalue weighted by Crippen LogP contribution is 2.17. The maximum Gasteiger partial charge on any atom is 0.253 e. The molecular weight excluding hydrogens is 358 g/mol. The number of nitrogens with zero attached hydrogens (tertiary/aromatic N) is 2. The van der Waals surface area contributed by atoms with Crippen LogP contribution >= 0.6 is 15.9 Å². The highest BCUT2D eigenvalue weighted by atomic mass is 79.9. The number of piperidine rings is 1. The first-order valence-corrected chi connectivity index (χ1v) is 8.99. The topological polar surface area (TPSA) is 52.7 Å². The SMILES string of the molecule is O=C(c1ccc(Br)cc1)N1CCN(C(=O)C2CCCNC2)CC1. The second-order valence-electron chi connectivity index (χ2n) is 6.17. The lowest BCUT2D eigenvalue weighted by molar-refractivity contribution is -0.137. The van der Waals surface area contributed by atoms with Gasteiger partial charge in [0.25, 0.3) is 5.91 Å². The van der Waals surface area contributed by atoms with E-state index >= 15 is 0 Å². The Morgan fingerprint density at radius 1 is 1.04 bits per heavy atom. The Hall–Kier alpha value is -1.40. The molecule has 2 aliphatic rings. The molecule has 0 aromatic heterocycles. The fraction of sp³-hybridized carbons (Fsp3) is 0.529. The normalized spacial score (nSPS) is 22.0. The van der Waals surface area contributed by atoms with E-state index in [1.54, 1.807) is 0 Å². The van der Waals surface area contributed by atoms with Crippen molar-refractivity contribution in [2.45, 2.75) is 12.8 Å². The highest BCUT2D eigenvalue weighted by Gasteiger charge is 2.29. The summed E-state index contributed by atoms with van der Waals surface area (Å²) in [5, 5.41) is 3.29. The van der Waals surface area contributed by atoms with Gasteiger partial charge in [-0.25, -0.2) is 0 Å². The van der Waals surface area contributed by atoms with Gasteiger partial charge in [0.05, 0.1) is 5.92 Å². The molecule has 1 unspecified atom stereocenters. The number of nitrogens with one attached hydrogen (secondary N) is 1. The molecule has 2 amide bonds.